The van der Waals surface area contributed by atoms with E-state index < -0.39 is 0 Å². The highest BCUT2D eigenvalue weighted by Crippen LogP contribution is 2.41. The lowest BCUT2D eigenvalue weighted by Crippen LogP contribution is -1.99. The van der Waals surface area contributed by atoms with Crippen molar-refractivity contribution >= 4 is 97.7 Å². The third kappa shape index (κ3) is 3.89. The van der Waals surface area contributed by atoms with Gasteiger partial charge in [-0.25, -0.2) is 0 Å². The zero-order valence-corrected chi connectivity index (χ0v) is 29.7. The van der Waals surface area contributed by atoms with Gasteiger partial charge >= 0.3 is 0 Å². The largest absolute Gasteiger partial charge is 0.309 e. The van der Waals surface area contributed by atoms with Gasteiger partial charge in [0.1, 0.15) is 0 Å². The molecule has 0 unspecified atom stereocenters. The molecule has 0 amide bonds. The van der Waals surface area contributed by atoms with E-state index in [1.165, 1.54) is 97.7 Å². The molecule has 3 heteroatoms. The molecule has 0 aliphatic carbocycles. The molecule has 3 heterocycles. The summed E-state index contributed by atoms with van der Waals surface area (Å²) in [7, 11) is 0. The van der Waals surface area contributed by atoms with Gasteiger partial charge in [-0.1, -0.05) is 127 Å². The quantitative estimate of drug-likeness (QED) is 0.163. The number of hydrogen-bond acceptors (Lipinski definition) is 0. The number of fused-ring (bicyclic) bond motifs is 9. The first kappa shape index (κ1) is 29.1. The summed E-state index contributed by atoms with van der Waals surface area (Å²) in [5.41, 5.74) is 10.7. The van der Waals surface area contributed by atoms with Gasteiger partial charge in [0.2, 0.25) is 0 Å². The second kappa shape index (κ2) is 10.6. The number of aromatic nitrogens is 3. The summed E-state index contributed by atoms with van der Waals surface area (Å²) < 4.78 is 7.36. The summed E-state index contributed by atoms with van der Waals surface area (Å²) in [4.78, 5) is 0. The predicted molar refractivity (Wildman–Crippen MR) is 233 cm³/mol. The highest BCUT2D eigenvalue weighted by Gasteiger charge is 2.20. The zero-order chi connectivity index (χ0) is 35.8. The van der Waals surface area contributed by atoms with E-state index in [1.807, 2.05) is 0 Å². The van der Waals surface area contributed by atoms with Crippen molar-refractivity contribution < 1.29 is 0 Å². The number of rotatable bonds is 3. The second-order valence-corrected chi connectivity index (χ2v) is 15.0. The van der Waals surface area contributed by atoms with Crippen molar-refractivity contribution in [3.63, 3.8) is 0 Å². The van der Waals surface area contributed by atoms with Crippen LogP contribution in [0.4, 0.5) is 0 Å². The van der Waals surface area contributed by atoms with Crippen molar-refractivity contribution in [2.45, 2.75) is 0 Å². The minimum absolute atomic E-state index is 1.15. The molecule has 0 N–H and O–H groups in total. The van der Waals surface area contributed by atoms with Crippen LogP contribution in [0.2, 0.25) is 0 Å². The van der Waals surface area contributed by atoms with E-state index >= 15 is 0 Å². The van der Waals surface area contributed by atoms with Crippen LogP contribution < -0.4 is 0 Å². The van der Waals surface area contributed by atoms with Crippen LogP contribution in [0.25, 0.3) is 115 Å². The summed E-state index contributed by atoms with van der Waals surface area (Å²) in [6.07, 6.45) is 0. The summed E-state index contributed by atoms with van der Waals surface area (Å²) in [6.45, 7) is 0. The molecule has 0 spiro atoms. The third-order valence-electron chi connectivity index (χ3n) is 12.1. The van der Waals surface area contributed by atoms with E-state index in [1.54, 1.807) is 0 Å². The summed E-state index contributed by atoms with van der Waals surface area (Å²) >= 11 is 0. The van der Waals surface area contributed by atoms with Crippen molar-refractivity contribution in [2.24, 2.45) is 0 Å². The summed E-state index contributed by atoms with van der Waals surface area (Å²) in [5.74, 6) is 0. The van der Waals surface area contributed by atoms with Crippen molar-refractivity contribution in [1.29, 1.82) is 0 Å². The van der Waals surface area contributed by atoms with Crippen LogP contribution in [0.3, 0.4) is 0 Å². The van der Waals surface area contributed by atoms with Gasteiger partial charge in [0, 0.05) is 49.4 Å². The molecule has 0 aliphatic heterocycles. The molecule has 3 nitrogen and oxygen atoms in total. The lowest BCUT2D eigenvalue weighted by Gasteiger charge is -2.15. The highest BCUT2D eigenvalue weighted by atomic mass is 15.0. The van der Waals surface area contributed by atoms with Crippen LogP contribution in [-0.4, -0.2) is 13.7 Å². The first-order valence-electron chi connectivity index (χ1n) is 19.0. The number of hydrogen-bond donors (Lipinski definition) is 0. The lowest BCUT2D eigenvalue weighted by atomic mass is 9.94. The Kier molecular flexibility index (Phi) is 5.63. The van der Waals surface area contributed by atoms with Crippen LogP contribution in [0.1, 0.15) is 0 Å². The van der Waals surface area contributed by atoms with E-state index in [-0.39, 0.29) is 0 Å². The van der Waals surface area contributed by atoms with Gasteiger partial charge in [-0.2, -0.15) is 0 Å². The molecule has 13 rings (SSSR count). The Balaban J connectivity index is 1.15. The standard InChI is InChI=1S/C52H31N3/c1-5-16-45-39(12-1)40-13-2-6-17-46(40)53(45)36-24-26-43-44-27-25-37(54-47-18-7-3-14-41(47)42-15-4-8-19-48(42)54)31-50(44)55(49(43)30-36)38-28-34-22-20-32-10-9-11-33-21-23-35(29-38)52(34)51(32)33/h1-31H. The van der Waals surface area contributed by atoms with Crippen molar-refractivity contribution in [3.05, 3.63) is 188 Å². The van der Waals surface area contributed by atoms with Gasteiger partial charge in [0.15, 0.2) is 0 Å². The van der Waals surface area contributed by atoms with Gasteiger partial charge in [-0.15, -0.1) is 0 Å². The molecule has 13 aromatic rings. The normalized spacial score (nSPS) is 12.4. The smallest absolute Gasteiger partial charge is 0.0561 e. The van der Waals surface area contributed by atoms with Crippen molar-refractivity contribution in [3.8, 4) is 17.1 Å². The molecular formula is C52H31N3. The van der Waals surface area contributed by atoms with Gasteiger partial charge in [-0.3, -0.25) is 0 Å². The van der Waals surface area contributed by atoms with E-state index in [0.29, 0.717) is 0 Å². The van der Waals surface area contributed by atoms with Gasteiger partial charge in [0.05, 0.1) is 33.1 Å². The molecule has 0 fully saturated rings. The minimum atomic E-state index is 1.15. The third-order valence-corrected chi connectivity index (χ3v) is 12.1. The van der Waals surface area contributed by atoms with E-state index in [4.69, 9.17) is 0 Å². The Morgan fingerprint density at radius 3 is 1.00 bits per heavy atom. The van der Waals surface area contributed by atoms with Crippen LogP contribution in [-0.2, 0) is 0 Å². The number of benzene rings is 10. The molecule has 3 aromatic heterocycles. The molecule has 0 bridgehead atoms. The monoisotopic (exact) mass is 697 g/mol. The highest BCUT2D eigenvalue weighted by molar-refractivity contribution is 6.24. The fraction of sp³-hybridized carbons (Fsp3) is 0. The fourth-order valence-electron chi connectivity index (χ4n) is 9.82. The maximum absolute atomic E-state index is 2.51. The Morgan fingerprint density at radius 2 is 0.564 bits per heavy atom. The molecule has 0 saturated carbocycles. The number of nitrogens with zero attached hydrogens (tertiary/aromatic N) is 3. The number of para-hydroxylation sites is 4. The average molecular weight is 698 g/mol. The lowest BCUT2D eigenvalue weighted by molar-refractivity contribution is 1.15. The average Bonchev–Trinajstić information content (AvgIpc) is 3.88. The summed E-state index contributed by atoms with van der Waals surface area (Å²) in [5, 5.41) is 15.3. The fourth-order valence-corrected chi connectivity index (χ4v) is 9.82. The SMILES string of the molecule is c1cc2ccc3cc(-n4c5cc(-n6c7ccccc7c7ccccc76)ccc5c5ccc(-n6c7ccccc7c7ccccc76)cc54)cc4ccc(c1)c2c34. The van der Waals surface area contributed by atoms with Crippen LogP contribution in [0.15, 0.2) is 188 Å². The molecule has 0 aliphatic rings. The van der Waals surface area contributed by atoms with Crippen LogP contribution in [0.5, 0.6) is 0 Å². The van der Waals surface area contributed by atoms with Gasteiger partial charge in [-0.05, 0) is 93.0 Å². The minimum Gasteiger partial charge on any atom is -0.309 e. The molecular weight excluding hydrogens is 667 g/mol. The van der Waals surface area contributed by atoms with Gasteiger partial charge in [0.25, 0.3) is 0 Å². The molecule has 55 heavy (non-hydrogen) atoms. The van der Waals surface area contributed by atoms with E-state index in [2.05, 4.69) is 202 Å². The summed E-state index contributed by atoms with van der Waals surface area (Å²) in [6, 6.07) is 69.7. The predicted octanol–water partition coefficient (Wildman–Crippen LogP) is 13.9. The molecule has 10 aromatic carbocycles. The Morgan fingerprint density at radius 1 is 0.218 bits per heavy atom. The Hall–Kier alpha value is -7.36. The zero-order valence-electron chi connectivity index (χ0n) is 29.7. The molecule has 0 radical (unpaired) electrons. The van der Waals surface area contributed by atoms with E-state index in [0.717, 1.165) is 17.1 Å². The first-order valence-corrected chi connectivity index (χ1v) is 19.0. The molecule has 0 atom stereocenters. The Labute approximate surface area is 315 Å². The maximum atomic E-state index is 2.51. The van der Waals surface area contributed by atoms with E-state index in [9.17, 15) is 0 Å². The van der Waals surface area contributed by atoms with Crippen molar-refractivity contribution in [2.75, 3.05) is 0 Å². The van der Waals surface area contributed by atoms with Crippen LogP contribution in [0, 0.1) is 0 Å². The maximum Gasteiger partial charge on any atom is 0.0561 e. The first-order chi connectivity index (χ1) is 27.3. The van der Waals surface area contributed by atoms with Gasteiger partial charge < -0.3 is 13.7 Å². The van der Waals surface area contributed by atoms with Crippen molar-refractivity contribution in [1.82, 2.24) is 13.7 Å². The topological polar surface area (TPSA) is 14.8 Å². The van der Waals surface area contributed by atoms with Crippen LogP contribution >= 0.6 is 0 Å². The molecule has 254 valence electrons. The Bertz CT molecular complexity index is 3380. The molecule has 0 saturated heterocycles. The second-order valence-electron chi connectivity index (χ2n) is 15.0.